The van der Waals surface area contributed by atoms with Crippen molar-refractivity contribution < 1.29 is 33.1 Å². The SMILES string of the molecule is COc1ccc2cc1OCCCN(C(=O)c1[nH]c3c(c1C)C(=O)CCC3)CC(=O)N[C@H](Cc1ccccc1)C(=O)NCc1nc-2oc1C. The number of nitrogens with zero attached hydrogens (tertiary/aromatic N) is 2. The van der Waals surface area contributed by atoms with Gasteiger partial charge in [0.1, 0.15) is 23.2 Å². The first-order valence-corrected chi connectivity index (χ1v) is 16.1. The highest BCUT2D eigenvalue weighted by Gasteiger charge is 2.30. The molecule has 3 amide bonds. The Labute approximate surface area is 278 Å². The minimum atomic E-state index is -0.924. The molecule has 0 fully saturated rings. The minimum Gasteiger partial charge on any atom is -0.493 e. The molecular formula is C36H39N5O7. The molecule has 0 unspecified atom stereocenters. The van der Waals surface area contributed by atoms with E-state index >= 15 is 0 Å². The Morgan fingerprint density at radius 3 is 2.65 bits per heavy atom. The van der Waals surface area contributed by atoms with E-state index in [1.54, 1.807) is 33.1 Å². The number of aromatic nitrogens is 2. The Morgan fingerprint density at radius 1 is 1.06 bits per heavy atom. The van der Waals surface area contributed by atoms with Gasteiger partial charge in [0, 0.05) is 36.2 Å². The van der Waals surface area contributed by atoms with Gasteiger partial charge in [-0.05, 0) is 62.4 Å². The highest BCUT2D eigenvalue weighted by Crippen LogP contribution is 2.33. The molecule has 4 aromatic rings. The van der Waals surface area contributed by atoms with Crippen molar-refractivity contribution in [1.29, 1.82) is 0 Å². The van der Waals surface area contributed by atoms with Gasteiger partial charge in [0.05, 0.1) is 26.8 Å². The number of hydrogen-bond donors (Lipinski definition) is 3. The van der Waals surface area contributed by atoms with Crippen LogP contribution in [0.4, 0.5) is 0 Å². The standard InChI is InChI=1S/C36H39N5O7/c1-21-32-25(11-7-12-28(32)42)39-33(21)36(45)41-15-8-16-47-30-18-24(13-14-29(30)46-3)35-40-27(22(2)48-35)19-37-34(44)26(38-31(43)20-41)17-23-9-5-4-6-10-23/h4-6,9-10,13-14,18,26,39H,7-8,11-12,15-17,19-20H2,1-3H3,(H,37,44)(H,38,43)/t26-/m1/s1. The lowest BCUT2D eigenvalue weighted by molar-refractivity contribution is -0.129. The van der Waals surface area contributed by atoms with Crippen LogP contribution in [0.1, 0.15) is 68.4 Å². The van der Waals surface area contributed by atoms with E-state index < -0.39 is 23.8 Å². The normalized spacial score (nSPS) is 17.4. The lowest BCUT2D eigenvalue weighted by Crippen LogP contribution is -2.51. The van der Waals surface area contributed by atoms with Crippen molar-refractivity contribution in [2.24, 2.45) is 0 Å². The molecule has 0 saturated heterocycles. The maximum absolute atomic E-state index is 14.0. The number of benzene rings is 2. The first-order chi connectivity index (χ1) is 23.2. The van der Waals surface area contributed by atoms with E-state index in [4.69, 9.17) is 13.9 Å². The molecule has 3 heterocycles. The Hall–Kier alpha value is -5.39. The van der Waals surface area contributed by atoms with E-state index in [2.05, 4.69) is 20.6 Å². The van der Waals surface area contributed by atoms with Gasteiger partial charge in [-0.1, -0.05) is 30.3 Å². The molecule has 250 valence electrons. The fourth-order valence-corrected chi connectivity index (χ4v) is 6.24. The van der Waals surface area contributed by atoms with Crippen molar-refractivity contribution in [3.8, 4) is 23.0 Å². The molecule has 1 aliphatic heterocycles. The van der Waals surface area contributed by atoms with Crippen LogP contribution in [0.25, 0.3) is 11.5 Å². The van der Waals surface area contributed by atoms with Gasteiger partial charge >= 0.3 is 0 Å². The van der Waals surface area contributed by atoms with Crippen LogP contribution >= 0.6 is 0 Å². The van der Waals surface area contributed by atoms with Crippen molar-refractivity contribution in [2.45, 2.75) is 58.5 Å². The quantitative estimate of drug-likeness (QED) is 0.298. The Morgan fingerprint density at radius 2 is 1.88 bits per heavy atom. The van der Waals surface area contributed by atoms with Crippen LogP contribution < -0.4 is 20.1 Å². The molecule has 12 nitrogen and oxygen atoms in total. The summed E-state index contributed by atoms with van der Waals surface area (Å²) in [7, 11) is 1.55. The Kier molecular flexibility index (Phi) is 9.60. The van der Waals surface area contributed by atoms with Crippen molar-refractivity contribution >= 4 is 23.5 Å². The summed E-state index contributed by atoms with van der Waals surface area (Å²) in [6.45, 7) is 3.68. The first-order valence-electron chi connectivity index (χ1n) is 16.1. The molecule has 0 radical (unpaired) electrons. The Bertz CT molecular complexity index is 1840. The largest absolute Gasteiger partial charge is 0.493 e. The second-order valence-corrected chi connectivity index (χ2v) is 12.1. The molecule has 1 atom stereocenters. The van der Waals surface area contributed by atoms with E-state index in [-0.39, 0.29) is 38.4 Å². The summed E-state index contributed by atoms with van der Waals surface area (Å²) in [5.41, 5.74) is 4.26. The number of fused-ring (bicyclic) bond motifs is 6. The molecule has 3 N–H and O–H groups in total. The van der Waals surface area contributed by atoms with E-state index in [1.807, 2.05) is 36.4 Å². The van der Waals surface area contributed by atoms with Crippen LogP contribution in [0.3, 0.4) is 0 Å². The molecule has 48 heavy (non-hydrogen) atoms. The zero-order chi connectivity index (χ0) is 33.8. The number of Topliss-reactive ketones (excluding diaryl/α,β-unsaturated/α-hetero) is 1. The van der Waals surface area contributed by atoms with Gasteiger partial charge in [-0.2, -0.15) is 0 Å². The van der Waals surface area contributed by atoms with Crippen LogP contribution in [0.2, 0.25) is 0 Å². The summed E-state index contributed by atoms with van der Waals surface area (Å²) in [6, 6.07) is 13.8. The van der Waals surface area contributed by atoms with Gasteiger partial charge in [0.15, 0.2) is 17.3 Å². The summed E-state index contributed by atoms with van der Waals surface area (Å²) in [6.07, 6.45) is 2.45. The van der Waals surface area contributed by atoms with Crippen LogP contribution in [0, 0.1) is 13.8 Å². The topological polar surface area (TPSA) is 156 Å². The fourth-order valence-electron chi connectivity index (χ4n) is 6.24. The van der Waals surface area contributed by atoms with Gasteiger partial charge in [-0.25, -0.2) is 4.98 Å². The third-order valence-electron chi connectivity index (χ3n) is 8.77. The summed E-state index contributed by atoms with van der Waals surface area (Å²) in [5, 5.41) is 5.76. The van der Waals surface area contributed by atoms with Crippen LogP contribution in [-0.4, -0.2) is 71.2 Å². The summed E-state index contributed by atoms with van der Waals surface area (Å²) in [4.78, 5) is 63.2. The van der Waals surface area contributed by atoms with Crippen molar-refractivity contribution in [1.82, 2.24) is 25.5 Å². The average molecular weight is 654 g/mol. The number of ketones is 1. The molecule has 2 aliphatic rings. The maximum atomic E-state index is 14.0. The van der Waals surface area contributed by atoms with E-state index in [0.717, 1.165) is 11.3 Å². The fraction of sp³-hybridized carbons (Fsp3) is 0.361. The third-order valence-corrected chi connectivity index (χ3v) is 8.77. The average Bonchev–Trinajstić information content (AvgIpc) is 3.63. The minimum absolute atomic E-state index is 0.0107. The summed E-state index contributed by atoms with van der Waals surface area (Å²) < 4.78 is 17.6. The molecule has 12 heteroatoms. The van der Waals surface area contributed by atoms with Crippen LogP contribution in [-0.2, 0) is 29.0 Å². The number of oxazole rings is 1. The molecule has 2 aromatic heterocycles. The van der Waals surface area contributed by atoms with E-state index in [9.17, 15) is 19.2 Å². The lowest BCUT2D eigenvalue weighted by atomic mass is 9.94. The number of aromatic amines is 1. The monoisotopic (exact) mass is 653 g/mol. The number of methoxy groups -OCH3 is 1. The highest BCUT2D eigenvalue weighted by atomic mass is 16.5. The molecule has 6 rings (SSSR count). The number of aryl methyl sites for hydroxylation is 2. The molecule has 0 saturated carbocycles. The predicted molar refractivity (Wildman–Crippen MR) is 176 cm³/mol. The molecule has 1 aliphatic carbocycles. The molecular weight excluding hydrogens is 614 g/mol. The van der Waals surface area contributed by atoms with Crippen LogP contribution in [0.5, 0.6) is 11.5 Å². The molecule has 0 spiro atoms. The number of carbonyl (C=O) groups excluding carboxylic acids is 4. The number of H-pyrrole nitrogens is 1. The van der Waals surface area contributed by atoms with Gasteiger partial charge in [-0.15, -0.1) is 0 Å². The van der Waals surface area contributed by atoms with Crippen molar-refractivity contribution in [3.05, 3.63) is 88.1 Å². The molecule has 4 bridgehead atoms. The zero-order valence-electron chi connectivity index (χ0n) is 27.3. The summed E-state index contributed by atoms with van der Waals surface area (Å²) >= 11 is 0. The second kappa shape index (κ2) is 14.2. The third kappa shape index (κ3) is 6.97. The first kappa shape index (κ1) is 32.5. The number of rotatable bonds is 4. The number of amides is 3. The predicted octanol–water partition coefficient (Wildman–Crippen LogP) is 4.08. The zero-order valence-corrected chi connectivity index (χ0v) is 27.3. The van der Waals surface area contributed by atoms with Crippen molar-refractivity contribution in [2.75, 3.05) is 26.8 Å². The smallest absolute Gasteiger partial charge is 0.271 e. The van der Waals surface area contributed by atoms with E-state index in [0.29, 0.717) is 76.9 Å². The lowest BCUT2D eigenvalue weighted by Gasteiger charge is -2.24. The number of hydrogen-bond acceptors (Lipinski definition) is 8. The van der Waals surface area contributed by atoms with Gasteiger partial charge in [0.25, 0.3) is 5.91 Å². The Balaban J connectivity index is 1.32. The number of carbonyl (C=O) groups is 4. The number of nitrogens with one attached hydrogen (secondary N) is 3. The van der Waals surface area contributed by atoms with Crippen molar-refractivity contribution in [3.63, 3.8) is 0 Å². The number of ether oxygens (including phenoxy) is 2. The molecule has 2 aromatic carbocycles. The van der Waals surface area contributed by atoms with E-state index in [1.165, 1.54) is 4.90 Å². The second-order valence-electron chi connectivity index (χ2n) is 12.1. The van der Waals surface area contributed by atoms with Gasteiger partial charge in [0.2, 0.25) is 17.7 Å². The van der Waals surface area contributed by atoms with Gasteiger partial charge < -0.3 is 34.4 Å². The highest BCUT2D eigenvalue weighted by molar-refractivity contribution is 6.05. The maximum Gasteiger partial charge on any atom is 0.271 e. The summed E-state index contributed by atoms with van der Waals surface area (Å²) in [5.74, 6) is 0.586. The van der Waals surface area contributed by atoms with Gasteiger partial charge in [-0.3, -0.25) is 19.2 Å². The van der Waals surface area contributed by atoms with Crippen LogP contribution in [0.15, 0.2) is 52.9 Å².